The van der Waals surface area contributed by atoms with Crippen molar-refractivity contribution in [2.24, 2.45) is 17.8 Å². The third-order valence-corrected chi connectivity index (χ3v) is 5.58. The van der Waals surface area contributed by atoms with Crippen LogP contribution in [-0.2, 0) is 4.74 Å². The minimum Gasteiger partial charge on any atom is -0.393 e. The summed E-state index contributed by atoms with van der Waals surface area (Å²) in [6, 6.07) is 7.95. The highest BCUT2D eigenvalue weighted by Gasteiger charge is 2.50. The molecule has 110 valence electrons. The van der Waals surface area contributed by atoms with Gasteiger partial charge in [-0.2, -0.15) is 0 Å². The standard InChI is InChI=1S/C17H23ClO2/c1-10-14-8-12(9-15(10)19)17(2,3)20-16(14)11-5-4-6-13(18)7-11/h4-7,10,12,14-16,19H,8-9H2,1-3H3/t10-,12?,14?,15-,16-/m0/s1. The molecule has 1 heterocycles. The molecular weight excluding hydrogens is 272 g/mol. The fourth-order valence-corrected chi connectivity index (χ4v) is 4.11. The molecule has 3 rings (SSSR count). The molecule has 1 saturated carbocycles. The molecule has 20 heavy (non-hydrogen) atoms. The molecule has 2 fully saturated rings. The maximum Gasteiger partial charge on any atom is 0.0864 e. The molecule has 1 aliphatic heterocycles. The molecule has 1 aromatic carbocycles. The third kappa shape index (κ3) is 2.38. The van der Waals surface area contributed by atoms with E-state index < -0.39 is 0 Å². The zero-order valence-corrected chi connectivity index (χ0v) is 13.1. The minimum absolute atomic E-state index is 0.0323. The van der Waals surface area contributed by atoms with Crippen molar-refractivity contribution in [2.45, 2.75) is 51.4 Å². The first-order chi connectivity index (χ1) is 9.38. The van der Waals surface area contributed by atoms with Crippen LogP contribution in [0.4, 0.5) is 0 Å². The van der Waals surface area contributed by atoms with Crippen LogP contribution in [0, 0.1) is 17.8 Å². The van der Waals surface area contributed by atoms with Crippen molar-refractivity contribution in [3.63, 3.8) is 0 Å². The summed E-state index contributed by atoms with van der Waals surface area (Å²) in [6.07, 6.45) is 1.79. The van der Waals surface area contributed by atoms with Gasteiger partial charge in [-0.25, -0.2) is 0 Å². The minimum atomic E-state index is -0.219. The molecule has 1 aliphatic carbocycles. The van der Waals surface area contributed by atoms with E-state index in [1.807, 2.05) is 18.2 Å². The lowest BCUT2D eigenvalue weighted by molar-refractivity contribution is -0.215. The zero-order chi connectivity index (χ0) is 14.5. The second kappa shape index (κ2) is 5.01. The van der Waals surface area contributed by atoms with Gasteiger partial charge in [0.15, 0.2) is 0 Å². The lowest BCUT2D eigenvalue weighted by Gasteiger charge is -2.53. The van der Waals surface area contributed by atoms with Crippen molar-refractivity contribution >= 4 is 11.6 Å². The van der Waals surface area contributed by atoms with E-state index in [0.29, 0.717) is 11.8 Å². The maximum absolute atomic E-state index is 10.4. The molecule has 2 aliphatic rings. The molecule has 0 radical (unpaired) electrons. The summed E-state index contributed by atoms with van der Waals surface area (Å²) in [5.41, 5.74) is 0.944. The molecule has 0 spiro atoms. The molecule has 3 heteroatoms. The van der Waals surface area contributed by atoms with Crippen LogP contribution in [0.2, 0.25) is 5.02 Å². The predicted octanol–water partition coefficient (Wildman–Crippen LogP) is 4.21. The number of benzene rings is 1. The number of halogens is 1. The van der Waals surface area contributed by atoms with E-state index in [1.165, 1.54) is 0 Å². The Morgan fingerprint density at radius 2 is 2.05 bits per heavy atom. The van der Waals surface area contributed by atoms with Gasteiger partial charge in [-0.1, -0.05) is 30.7 Å². The van der Waals surface area contributed by atoms with Crippen molar-refractivity contribution in [1.29, 1.82) is 0 Å². The topological polar surface area (TPSA) is 29.5 Å². The van der Waals surface area contributed by atoms with Crippen molar-refractivity contribution in [1.82, 2.24) is 0 Å². The van der Waals surface area contributed by atoms with Gasteiger partial charge in [0, 0.05) is 5.02 Å². The van der Waals surface area contributed by atoms with Gasteiger partial charge in [0.1, 0.15) is 0 Å². The highest BCUT2D eigenvalue weighted by molar-refractivity contribution is 6.30. The molecule has 2 nitrogen and oxygen atoms in total. The van der Waals surface area contributed by atoms with E-state index in [2.05, 4.69) is 26.8 Å². The fourth-order valence-electron chi connectivity index (χ4n) is 3.91. The van der Waals surface area contributed by atoms with E-state index in [-0.39, 0.29) is 23.7 Å². The first kappa shape index (κ1) is 14.4. The van der Waals surface area contributed by atoms with Crippen LogP contribution in [0.1, 0.15) is 45.3 Å². The summed E-state index contributed by atoms with van der Waals surface area (Å²) in [4.78, 5) is 0. The molecule has 5 atom stereocenters. The normalized spacial score (nSPS) is 39.5. The van der Waals surface area contributed by atoms with Crippen LogP contribution in [0.5, 0.6) is 0 Å². The van der Waals surface area contributed by atoms with Crippen molar-refractivity contribution in [2.75, 3.05) is 0 Å². The maximum atomic E-state index is 10.4. The number of aliphatic hydroxyl groups is 1. The highest BCUT2D eigenvalue weighted by atomic mass is 35.5. The average Bonchev–Trinajstić information content (AvgIpc) is 2.38. The van der Waals surface area contributed by atoms with E-state index >= 15 is 0 Å². The van der Waals surface area contributed by atoms with Gasteiger partial charge < -0.3 is 9.84 Å². The third-order valence-electron chi connectivity index (χ3n) is 5.34. The van der Waals surface area contributed by atoms with Gasteiger partial charge in [-0.15, -0.1) is 0 Å². The van der Waals surface area contributed by atoms with Gasteiger partial charge in [0.2, 0.25) is 0 Å². The van der Waals surface area contributed by atoms with Gasteiger partial charge in [-0.05, 0) is 62.1 Å². The Morgan fingerprint density at radius 3 is 2.75 bits per heavy atom. The highest BCUT2D eigenvalue weighted by Crippen LogP contribution is 2.53. The van der Waals surface area contributed by atoms with Crippen LogP contribution in [0.15, 0.2) is 24.3 Å². The van der Waals surface area contributed by atoms with Crippen LogP contribution >= 0.6 is 11.6 Å². The first-order valence-electron chi connectivity index (χ1n) is 7.50. The quantitative estimate of drug-likeness (QED) is 0.840. The van der Waals surface area contributed by atoms with E-state index in [9.17, 15) is 5.11 Å². The van der Waals surface area contributed by atoms with Gasteiger partial charge >= 0.3 is 0 Å². The Morgan fingerprint density at radius 1 is 1.30 bits per heavy atom. The summed E-state index contributed by atoms with van der Waals surface area (Å²) >= 11 is 6.13. The van der Waals surface area contributed by atoms with Gasteiger partial charge in [0.25, 0.3) is 0 Å². The zero-order valence-electron chi connectivity index (χ0n) is 12.3. The average molecular weight is 295 g/mol. The molecule has 2 bridgehead atoms. The summed E-state index contributed by atoms with van der Waals surface area (Å²) < 4.78 is 6.43. The first-order valence-corrected chi connectivity index (χ1v) is 7.87. The monoisotopic (exact) mass is 294 g/mol. The van der Waals surface area contributed by atoms with Crippen LogP contribution < -0.4 is 0 Å². The number of hydrogen-bond donors (Lipinski definition) is 1. The molecule has 0 amide bonds. The molecule has 1 saturated heterocycles. The summed E-state index contributed by atoms with van der Waals surface area (Å²) in [7, 11) is 0. The van der Waals surface area contributed by atoms with Crippen molar-refractivity contribution in [3.8, 4) is 0 Å². The lowest BCUT2D eigenvalue weighted by atomic mass is 9.63. The summed E-state index contributed by atoms with van der Waals surface area (Å²) in [6.45, 7) is 6.44. The number of fused-ring (bicyclic) bond motifs is 2. The van der Waals surface area contributed by atoms with E-state index in [4.69, 9.17) is 16.3 Å². The molecule has 2 unspecified atom stereocenters. The number of aliphatic hydroxyl groups excluding tert-OH is 1. The van der Waals surface area contributed by atoms with Crippen LogP contribution in [0.3, 0.4) is 0 Å². The Bertz CT molecular complexity index is 500. The van der Waals surface area contributed by atoms with Crippen molar-refractivity contribution < 1.29 is 9.84 Å². The smallest absolute Gasteiger partial charge is 0.0864 e. The molecule has 1 aromatic rings. The molecule has 1 N–H and O–H groups in total. The second-order valence-corrected chi connectivity index (χ2v) is 7.39. The van der Waals surface area contributed by atoms with E-state index in [0.717, 1.165) is 23.4 Å². The summed E-state index contributed by atoms with van der Waals surface area (Å²) in [5.74, 6) is 1.08. The molecule has 0 aromatic heterocycles. The fraction of sp³-hybridized carbons (Fsp3) is 0.647. The van der Waals surface area contributed by atoms with Gasteiger partial charge in [-0.3, -0.25) is 0 Å². The summed E-state index contributed by atoms with van der Waals surface area (Å²) in [5, 5.41) is 11.1. The van der Waals surface area contributed by atoms with Crippen LogP contribution in [-0.4, -0.2) is 16.8 Å². The Labute approximate surface area is 126 Å². The SMILES string of the molecule is C[C@H]1C2CC(C[C@@H]1O)C(C)(C)O[C@H]2c1cccc(Cl)c1. The Kier molecular flexibility index (Phi) is 3.60. The largest absolute Gasteiger partial charge is 0.393 e. The van der Waals surface area contributed by atoms with Crippen LogP contribution in [0.25, 0.3) is 0 Å². The Balaban J connectivity index is 1.97. The van der Waals surface area contributed by atoms with E-state index in [1.54, 1.807) is 0 Å². The second-order valence-electron chi connectivity index (χ2n) is 6.96. The number of ether oxygens (including phenoxy) is 1. The predicted molar refractivity (Wildman–Crippen MR) is 80.7 cm³/mol. The lowest BCUT2D eigenvalue weighted by Crippen LogP contribution is -2.52. The van der Waals surface area contributed by atoms with Gasteiger partial charge in [0.05, 0.1) is 17.8 Å². The Hall–Kier alpha value is -0.570. The number of hydrogen-bond acceptors (Lipinski definition) is 2. The molecular formula is C17H23ClO2. The van der Waals surface area contributed by atoms with Crippen molar-refractivity contribution in [3.05, 3.63) is 34.9 Å². The number of rotatable bonds is 1.